The molecule has 0 saturated carbocycles. The number of benzene rings is 1. The number of nitrogens with one attached hydrogen (secondary N) is 1. The van der Waals surface area contributed by atoms with Crippen LogP contribution < -0.4 is 5.32 Å². The molecule has 2 aromatic rings. The van der Waals surface area contributed by atoms with Crippen LogP contribution in [0.2, 0.25) is 0 Å². The van der Waals surface area contributed by atoms with Gasteiger partial charge in [-0.3, -0.25) is 9.69 Å². The first-order valence-corrected chi connectivity index (χ1v) is 7.86. The van der Waals surface area contributed by atoms with E-state index < -0.39 is 0 Å². The summed E-state index contributed by atoms with van der Waals surface area (Å²) in [5, 5.41) is 6.59. The number of anilines is 1. The van der Waals surface area contributed by atoms with Gasteiger partial charge in [-0.15, -0.1) is 0 Å². The molecule has 0 fully saturated rings. The molecule has 1 aromatic carbocycles. The van der Waals surface area contributed by atoms with Gasteiger partial charge in [0.15, 0.2) is 5.82 Å². The highest BCUT2D eigenvalue weighted by atomic mass is 16.5. The minimum absolute atomic E-state index is 0.0603. The normalized spacial score (nSPS) is 16.7. The van der Waals surface area contributed by atoms with Crippen molar-refractivity contribution in [2.24, 2.45) is 0 Å². The largest absolute Gasteiger partial charge is 0.360 e. The quantitative estimate of drug-likeness (QED) is 0.942. The van der Waals surface area contributed by atoms with E-state index in [0.717, 1.165) is 19.5 Å². The maximum absolute atomic E-state index is 12.3. The van der Waals surface area contributed by atoms with Crippen molar-refractivity contribution in [1.82, 2.24) is 10.1 Å². The highest BCUT2D eigenvalue weighted by Gasteiger charge is 2.24. The smallest absolute Gasteiger partial charge is 0.242 e. The van der Waals surface area contributed by atoms with Gasteiger partial charge in [-0.2, -0.15) is 0 Å². The van der Waals surface area contributed by atoms with Crippen LogP contribution in [-0.4, -0.2) is 35.1 Å². The predicted molar refractivity (Wildman–Crippen MR) is 89.9 cm³/mol. The molecule has 5 nitrogen and oxygen atoms in total. The van der Waals surface area contributed by atoms with Gasteiger partial charge in [-0.25, -0.2) is 0 Å². The van der Waals surface area contributed by atoms with Crippen molar-refractivity contribution in [2.75, 3.05) is 18.4 Å². The molecule has 1 aromatic heterocycles. The Morgan fingerprint density at radius 2 is 2.13 bits per heavy atom. The summed E-state index contributed by atoms with van der Waals surface area (Å²) >= 11 is 0. The van der Waals surface area contributed by atoms with E-state index in [4.69, 9.17) is 4.52 Å². The Balaban J connectivity index is 1.60. The summed E-state index contributed by atoms with van der Waals surface area (Å²) in [5.41, 5.74) is 2.61. The number of carbonyl (C=O) groups excluding carboxylic acids is 1. The van der Waals surface area contributed by atoms with E-state index in [1.807, 2.05) is 13.0 Å². The van der Waals surface area contributed by atoms with Gasteiger partial charge in [0, 0.05) is 19.2 Å². The van der Waals surface area contributed by atoms with E-state index in [9.17, 15) is 4.79 Å². The lowest BCUT2D eigenvalue weighted by Crippen LogP contribution is -2.44. The van der Waals surface area contributed by atoms with Crippen molar-refractivity contribution in [2.45, 2.75) is 26.3 Å². The second-order valence-corrected chi connectivity index (χ2v) is 5.83. The van der Waals surface area contributed by atoms with Gasteiger partial charge in [0.05, 0.1) is 6.04 Å². The van der Waals surface area contributed by atoms with E-state index in [2.05, 4.69) is 45.7 Å². The number of hydrogen-bond acceptors (Lipinski definition) is 4. The van der Waals surface area contributed by atoms with E-state index >= 15 is 0 Å². The molecule has 5 heteroatoms. The number of nitrogens with zero attached hydrogens (tertiary/aromatic N) is 2. The average molecular weight is 311 g/mol. The molecule has 0 radical (unpaired) electrons. The number of rotatable bonds is 4. The topological polar surface area (TPSA) is 58.4 Å². The zero-order valence-corrected chi connectivity index (χ0v) is 13.5. The molecule has 23 heavy (non-hydrogen) atoms. The maximum atomic E-state index is 12.3. The lowest BCUT2D eigenvalue weighted by Gasteiger charge is -2.30. The molecule has 2 heterocycles. The zero-order valence-electron chi connectivity index (χ0n) is 13.5. The van der Waals surface area contributed by atoms with Crippen LogP contribution in [0.15, 0.2) is 47.0 Å². The number of carbonyl (C=O) groups is 1. The molecule has 1 unspecified atom stereocenters. The molecule has 1 atom stereocenters. The van der Waals surface area contributed by atoms with Crippen LogP contribution in [0.25, 0.3) is 5.57 Å². The number of amides is 1. The van der Waals surface area contributed by atoms with Crippen LogP contribution >= 0.6 is 0 Å². The Bertz CT molecular complexity index is 706. The lowest BCUT2D eigenvalue weighted by molar-refractivity contribution is -0.120. The van der Waals surface area contributed by atoms with Crippen molar-refractivity contribution in [3.05, 3.63) is 53.8 Å². The molecule has 120 valence electrons. The van der Waals surface area contributed by atoms with Gasteiger partial charge in [-0.1, -0.05) is 41.6 Å². The van der Waals surface area contributed by atoms with Gasteiger partial charge in [0.25, 0.3) is 0 Å². The molecule has 0 bridgehead atoms. The number of aromatic nitrogens is 1. The molecule has 1 N–H and O–H groups in total. The van der Waals surface area contributed by atoms with Crippen LogP contribution in [0.3, 0.4) is 0 Å². The second kappa shape index (κ2) is 6.79. The molecule has 1 aliphatic rings. The summed E-state index contributed by atoms with van der Waals surface area (Å²) < 4.78 is 4.97. The summed E-state index contributed by atoms with van der Waals surface area (Å²) in [5.74, 6) is 1.09. The maximum Gasteiger partial charge on any atom is 0.242 e. The lowest BCUT2D eigenvalue weighted by atomic mass is 9.99. The molecule has 0 saturated heterocycles. The minimum atomic E-state index is -0.208. The first kappa shape index (κ1) is 15.5. The number of hydrogen-bond donors (Lipinski definition) is 1. The monoisotopic (exact) mass is 311 g/mol. The van der Waals surface area contributed by atoms with Gasteiger partial charge in [0.1, 0.15) is 5.76 Å². The first-order valence-electron chi connectivity index (χ1n) is 7.86. The van der Waals surface area contributed by atoms with Gasteiger partial charge >= 0.3 is 0 Å². The van der Waals surface area contributed by atoms with Crippen molar-refractivity contribution in [3.8, 4) is 0 Å². The van der Waals surface area contributed by atoms with Crippen LogP contribution in [0.5, 0.6) is 0 Å². The fourth-order valence-electron chi connectivity index (χ4n) is 2.77. The Labute approximate surface area is 136 Å². The molecule has 0 spiro atoms. The Kier molecular flexibility index (Phi) is 4.57. The fourth-order valence-corrected chi connectivity index (χ4v) is 2.77. The van der Waals surface area contributed by atoms with E-state index in [1.54, 1.807) is 13.0 Å². The Hall–Kier alpha value is -2.40. The summed E-state index contributed by atoms with van der Waals surface area (Å²) in [6.07, 6.45) is 3.16. The van der Waals surface area contributed by atoms with Crippen molar-refractivity contribution in [1.29, 1.82) is 0 Å². The minimum Gasteiger partial charge on any atom is -0.360 e. The second-order valence-electron chi connectivity index (χ2n) is 5.83. The van der Waals surface area contributed by atoms with E-state index in [-0.39, 0.29) is 11.9 Å². The van der Waals surface area contributed by atoms with Crippen molar-refractivity contribution < 1.29 is 9.32 Å². The average Bonchev–Trinajstić information content (AvgIpc) is 3.00. The third-order valence-electron chi connectivity index (χ3n) is 4.19. The van der Waals surface area contributed by atoms with E-state index in [0.29, 0.717) is 11.6 Å². The van der Waals surface area contributed by atoms with Crippen LogP contribution in [0.1, 0.15) is 24.7 Å². The highest BCUT2D eigenvalue weighted by molar-refractivity contribution is 5.93. The zero-order chi connectivity index (χ0) is 16.2. The Morgan fingerprint density at radius 1 is 1.35 bits per heavy atom. The predicted octanol–water partition coefficient (Wildman–Crippen LogP) is 3.10. The molecule has 1 aliphatic heterocycles. The SMILES string of the molecule is Cc1cc(NC(=O)C(C)N2CC=C(c3ccccc3)CC2)no1. The number of aryl methyl sites for hydroxylation is 1. The first-order chi connectivity index (χ1) is 11.1. The molecular formula is C18H21N3O2. The molecule has 3 rings (SSSR count). The third kappa shape index (κ3) is 3.68. The standard InChI is InChI=1S/C18H21N3O2/c1-13-12-17(20-23-13)19-18(22)14(2)21-10-8-16(9-11-21)15-6-4-3-5-7-15/h3-8,12,14H,9-11H2,1-2H3,(H,19,20,22). The van der Waals surface area contributed by atoms with Crippen LogP contribution in [0, 0.1) is 6.92 Å². The molecular weight excluding hydrogens is 290 g/mol. The summed E-state index contributed by atoms with van der Waals surface area (Å²) in [6.45, 7) is 5.36. The van der Waals surface area contributed by atoms with Crippen molar-refractivity contribution in [3.63, 3.8) is 0 Å². The molecule has 0 aliphatic carbocycles. The fraction of sp³-hybridized carbons (Fsp3) is 0.333. The van der Waals surface area contributed by atoms with Crippen LogP contribution in [0.4, 0.5) is 5.82 Å². The van der Waals surface area contributed by atoms with E-state index in [1.165, 1.54) is 11.1 Å². The summed E-state index contributed by atoms with van der Waals surface area (Å²) in [6, 6.07) is 11.9. The Morgan fingerprint density at radius 3 is 2.74 bits per heavy atom. The third-order valence-corrected chi connectivity index (χ3v) is 4.19. The van der Waals surface area contributed by atoms with Crippen LogP contribution in [-0.2, 0) is 4.79 Å². The van der Waals surface area contributed by atoms with Crippen molar-refractivity contribution >= 4 is 17.3 Å². The summed E-state index contributed by atoms with van der Waals surface area (Å²) in [4.78, 5) is 14.5. The summed E-state index contributed by atoms with van der Waals surface area (Å²) in [7, 11) is 0. The van der Waals surface area contributed by atoms with Gasteiger partial charge in [0.2, 0.25) is 5.91 Å². The van der Waals surface area contributed by atoms with Gasteiger partial charge < -0.3 is 9.84 Å². The molecule has 1 amide bonds. The van der Waals surface area contributed by atoms with Gasteiger partial charge in [-0.05, 0) is 31.4 Å². The highest BCUT2D eigenvalue weighted by Crippen LogP contribution is 2.23.